The summed E-state index contributed by atoms with van der Waals surface area (Å²) < 4.78 is 1.72. The standard InChI is InChI=1S/C21H22N4O2S/c1-15-17(13-22-25(15)16-9-5-4-6-10-16)21(27)24(2)14-20(26)23-18-11-7-8-12-19(18)28-3/h4-13H,14H2,1-3H3,(H,23,26). The Bertz CT molecular complexity index is 985. The molecule has 1 N–H and O–H groups in total. The SMILES string of the molecule is CSc1ccccc1NC(=O)CN(C)C(=O)c1cnn(-c2ccccc2)c1C. The molecule has 0 spiro atoms. The molecule has 0 aliphatic carbocycles. The van der Waals surface area contributed by atoms with Crippen molar-refractivity contribution >= 4 is 29.3 Å². The first-order chi connectivity index (χ1) is 13.5. The van der Waals surface area contributed by atoms with Crippen LogP contribution < -0.4 is 5.32 Å². The maximum atomic E-state index is 12.8. The van der Waals surface area contributed by atoms with E-state index >= 15 is 0 Å². The van der Waals surface area contributed by atoms with Crippen molar-refractivity contribution in [1.29, 1.82) is 0 Å². The quantitative estimate of drug-likeness (QED) is 0.649. The normalized spacial score (nSPS) is 10.5. The van der Waals surface area contributed by atoms with Gasteiger partial charge in [-0.1, -0.05) is 30.3 Å². The number of carbonyl (C=O) groups excluding carboxylic acids is 2. The van der Waals surface area contributed by atoms with E-state index in [2.05, 4.69) is 10.4 Å². The molecule has 0 saturated heterocycles. The summed E-state index contributed by atoms with van der Waals surface area (Å²) in [6, 6.07) is 17.2. The number of thioether (sulfide) groups is 1. The second-order valence-corrected chi connectivity index (χ2v) is 7.15. The lowest BCUT2D eigenvalue weighted by Crippen LogP contribution is -2.35. The number of para-hydroxylation sites is 2. The molecular formula is C21H22N4O2S. The summed E-state index contributed by atoms with van der Waals surface area (Å²) in [5.41, 5.74) is 2.84. The lowest BCUT2D eigenvalue weighted by molar-refractivity contribution is -0.116. The Hall–Kier alpha value is -3.06. The van der Waals surface area contributed by atoms with Crippen LogP contribution in [0, 0.1) is 6.92 Å². The minimum absolute atomic E-state index is 0.0441. The number of nitrogens with one attached hydrogen (secondary N) is 1. The molecule has 0 atom stereocenters. The van der Waals surface area contributed by atoms with Crippen molar-refractivity contribution < 1.29 is 9.59 Å². The third kappa shape index (κ3) is 4.26. The van der Waals surface area contributed by atoms with E-state index in [0.717, 1.165) is 22.0 Å². The number of nitrogens with zero attached hydrogens (tertiary/aromatic N) is 3. The molecule has 0 saturated carbocycles. The van der Waals surface area contributed by atoms with Crippen LogP contribution in [0.25, 0.3) is 5.69 Å². The molecule has 3 aromatic rings. The van der Waals surface area contributed by atoms with Crippen molar-refractivity contribution in [3.8, 4) is 5.69 Å². The van der Waals surface area contributed by atoms with Crippen LogP contribution in [0.2, 0.25) is 0 Å². The predicted octanol–water partition coefficient (Wildman–Crippen LogP) is 3.61. The number of carbonyl (C=O) groups is 2. The molecule has 0 aliphatic rings. The van der Waals surface area contributed by atoms with Gasteiger partial charge in [0.1, 0.15) is 0 Å². The molecule has 1 aromatic heterocycles. The molecule has 28 heavy (non-hydrogen) atoms. The van der Waals surface area contributed by atoms with E-state index in [1.807, 2.05) is 67.8 Å². The highest BCUT2D eigenvalue weighted by Crippen LogP contribution is 2.24. The molecular weight excluding hydrogens is 372 g/mol. The van der Waals surface area contributed by atoms with E-state index in [4.69, 9.17) is 0 Å². The summed E-state index contributed by atoms with van der Waals surface area (Å²) in [6.45, 7) is 1.80. The van der Waals surface area contributed by atoms with Gasteiger partial charge in [-0.2, -0.15) is 5.10 Å². The third-order valence-corrected chi connectivity index (χ3v) is 5.15. The summed E-state index contributed by atoms with van der Waals surface area (Å²) >= 11 is 1.56. The Morgan fingerprint density at radius 3 is 2.50 bits per heavy atom. The summed E-state index contributed by atoms with van der Waals surface area (Å²) in [5.74, 6) is -0.488. The largest absolute Gasteiger partial charge is 0.332 e. The van der Waals surface area contributed by atoms with Crippen molar-refractivity contribution in [2.24, 2.45) is 0 Å². The number of likely N-dealkylation sites (N-methyl/N-ethyl adjacent to an activating group) is 1. The van der Waals surface area contributed by atoms with Crippen molar-refractivity contribution in [3.05, 3.63) is 72.1 Å². The molecule has 0 unspecified atom stereocenters. The summed E-state index contributed by atoms with van der Waals surface area (Å²) in [4.78, 5) is 27.6. The molecule has 2 aromatic carbocycles. The Morgan fingerprint density at radius 2 is 1.79 bits per heavy atom. The molecule has 144 valence electrons. The van der Waals surface area contributed by atoms with Crippen molar-refractivity contribution in [3.63, 3.8) is 0 Å². The zero-order valence-electron chi connectivity index (χ0n) is 16.0. The van der Waals surface area contributed by atoms with Gasteiger partial charge in [-0.25, -0.2) is 4.68 Å². The first-order valence-electron chi connectivity index (χ1n) is 8.79. The minimum atomic E-state index is -0.245. The van der Waals surface area contributed by atoms with Gasteiger partial charge in [0.05, 0.1) is 35.4 Å². The molecule has 3 rings (SSSR count). The van der Waals surface area contributed by atoms with Crippen LogP contribution in [0.1, 0.15) is 16.1 Å². The highest BCUT2D eigenvalue weighted by atomic mass is 32.2. The van der Waals surface area contributed by atoms with Crippen LogP contribution >= 0.6 is 11.8 Å². The fourth-order valence-electron chi connectivity index (χ4n) is 2.88. The first-order valence-corrected chi connectivity index (χ1v) is 10.0. The molecule has 1 heterocycles. The molecule has 0 fully saturated rings. The van der Waals surface area contributed by atoms with Gasteiger partial charge in [0, 0.05) is 11.9 Å². The highest BCUT2D eigenvalue weighted by Gasteiger charge is 2.20. The van der Waals surface area contributed by atoms with E-state index in [1.165, 1.54) is 4.90 Å². The van der Waals surface area contributed by atoms with Gasteiger partial charge in [0.15, 0.2) is 0 Å². The summed E-state index contributed by atoms with van der Waals surface area (Å²) in [5, 5.41) is 7.19. The van der Waals surface area contributed by atoms with E-state index in [0.29, 0.717) is 5.56 Å². The van der Waals surface area contributed by atoms with Crippen molar-refractivity contribution in [1.82, 2.24) is 14.7 Å². The van der Waals surface area contributed by atoms with E-state index < -0.39 is 0 Å². The van der Waals surface area contributed by atoms with Crippen LogP contribution in [0.5, 0.6) is 0 Å². The van der Waals surface area contributed by atoms with Crippen LogP contribution in [-0.4, -0.2) is 46.3 Å². The minimum Gasteiger partial charge on any atom is -0.332 e. The molecule has 2 amide bonds. The monoisotopic (exact) mass is 394 g/mol. The second-order valence-electron chi connectivity index (χ2n) is 6.30. The number of hydrogen-bond acceptors (Lipinski definition) is 4. The van der Waals surface area contributed by atoms with Crippen molar-refractivity contribution in [2.75, 3.05) is 25.2 Å². The van der Waals surface area contributed by atoms with Crippen LogP contribution in [0.15, 0.2) is 65.7 Å². The molecule has 0 aliphatic heterocycles. The average molecular weight is 395 g/mol. The van der Waals surface area contributed by atoms with Crippen molar-refractivity contribution in [2.45, 2.75) is 11.8 Å². The Balaban J connectivity index is 1.69. The molecule has 0 radical (unpaired) electrons. The van der Waals surface area contributed by atoms with E-state index in [9.17, 15) is 9.59 Å². The van der Waals surface area contributed by atoms with Crippen LogP contribution in [0.3, 0.4) is 0 Å². The number of amides is 2. The van der Waals surface area contributed by atoms with Gasteiger partial charge in [0.25, 0.3) is 5.91 Å². The fraction of sp³-hybridized carbons (Fsp3) is 0.190. The second kappa shape index (κ2) is 8.75. The lowest BCUT2D eigenvalue weighted by atomic mass is 10.2. The smallest absolute Gasteiger partial charge is 0.257 e. The summed E-state index contributed by atoms with van der Waals surface area (Å²) in [6.07, 6.45) is 3.50. The van der Waals surface area contributed by atoms with Crippen LogP contribution in [-0.2, 0) is 4.79 Å². The average Bonchev–Trinajstić information content (AvgIpc) is 3.09. The van der Waals surface area contributed by atoms with Crippen LogP contribution in [0.4, 0.5) is 5.69 Å². The topological polar surface area (TPSA) is 67.2 Å². The number of anilines is 1. The van der Waals surface area contributed by atoms with Gasteiger partial charge in [-0.05, 0) is 37.4 Å². The lowest BCUT2D eigenvalue weighted by Gasteiger charge is -2.17. The zero-order chi connectivity index (χ0) is 20.1. The zero-order valence-corrected chi connectivity index (χ0v) is 16.9. The highest BCUT2D eigenvalue weighted by molar-refractivity contribution is 7.98. The van der Waals surface area contributed by atoms with E-state index in [-0.39, 0.29) is 18.4 Å². The van der Waals surface area contributed by atoms with Gasteiger partial charge in [-0.15, -0.1) is 11.8 Å². The third-order valence-electron chi connectivity index (χ3n) is 4.35. The Labute approximate surface area is 168 Å². The number of hydrogen-bond donors (Lipinski definition) is 1. The van der Waals surface area contributed by atoms with Gasteiger partial charge < -0.3 is 10.2 Å². The van der Waals surface area contributed by atoms with Gasteiger partial charge in [0.2, 0.25) is 5.91 Å². The maximum absolute atomic E-state index is 12.8. The first kappa shape index (κ1) is 19.7. The Kier molecular flexibility index (Phi) is 6.16. The fourth-order valence-corrected chi connectivity index (χ4v) is 3.43. The predicted molar refractivity (Wildman–Crippen MR) is 112 cm³/mol. The number of aromatic nitrogens is 2. The number of rotatable bonds is 6. The number of benzene rings is 2. The maximum Gasteiger partial charge on any atom is 0.257 e. The Morgan fingerprint density at radius 1 is 1.11 bits per heavy atom. The van der Waals surface area contributed by atoms with E-state index in [1.54, 1.807) is 29.7 Å². The molecule has 0 bridgehead atoms. The van der Waals surface area contributed by atoms with Gasteiger partial charge in [-0.3, -0.25) is 9.59 Å². The summed E-state index contributed by atoms with van der Waals surface area (Å²) in [7, 11) is 1.61. The van der Waals surface area contributed by atoms with Gasteiger partial charge >= 0.3 is 0 Å². The molecule has 7 heteroatoms. The molecule has 6 nitrogen and oxygen atoms in total.